The first-order chi connectivity index (χ1) is 12.2. The van der Waals surface area contributed by atoms with Crippen LogP contribution in [0.25, 0.3) is 5.82 Å². The average Bonchev–Trinajstić information content (AvgIpc) is 2.98. The minimum Gasteiger partial charge on any atom is -0.490 e. The zero-order chi connectivity index (χ0) is 17.6. The van der Waals surface area contributed by atoms with E-state index < -0.39 is 0 Å². The number of nitrogens with two attached hydrogens (primary N) is 1. The van der Waals surface area contributed by atoms with Crippen LogP contribution in [0.4, 0.5) is 17.6 Å². The van der Waals surface area contributed by atoms with Crippen LogP contribution in [0.15, 0.2) is 42.6 Å². The Kier molecular flexibility index (Phi) is 4.98. The zero-order valence-electron chi connectivity index (χ0n) is 14.1. The van der Waals surface area contributed by atoms with Crippen LogP contribution in [0.3, 0.4) is 0 Å². The van der Waals surface area contributed by atoms with Crippen molar-refractivity contribution in [3.05, 3.63) is 42.6 Å². The van der Waals surface area contributed by atoms with E-state index in [-0.39, 0.29) is 5.95 Å². The molecule has 8 heteroatoms. The van der Waals surface area contributed by atoms with Gasteiger partial charge in [-0.15, -0.1) is 5.10 Å². The highest BCUT2D eigenvalue weighted by Gasteiger charge is 2.11. The Morgan fingerprint density at radius 1 is 1.08 bits per heavy atom. The fourth-order valence-corrected chi connectivity index (χ4v) is 2.28. The minimum atomic E-state index is 0.247. The maximum Gasteiger partial charge on any atom is 0.248 e. The topological polar surface area (TPSA) is 100 Å². The second kappa shape index (κ2) is 7.52. The van der Waals surface area contributed by atoms with Gasteiger partial charge in [-0.25, -0.2) is 4.98 Å². The number of nitrogens with zero attached hydrogens (tertiary/aromatic N) is 4. The number of aromatic nitrogens is 4. The third-order valence-electron chi connectivity index (χ3n) is 3.30. The molecule has 0 aliphatic rings. The van der Waals surface area contributed by atoms with Crippen LogP contribution in [0.5, 0.6) is 11.5 Å². The summed E-state index contributed by atoms with van der Waals surface area (Å²) in [6, 6.07) is 11.0. The van der Waals surface area contributed by atoms with E-state index in [1.807, 2.05) is 44.2 Å². The Labute approximate surface area is 145 Å². The van der Waals surface area contributed by atoms with Crippen LogP contribution in [-0.4, -0.2) is 33.0 Å². The molecule has 0 unspecified atom stereocenters. The molecular weight excluding hydrogens is 320 g/mol. The van der Waals surface area contributed by atoms with Crippen molar-refractivity contribution in [2.45, 2.75) is 13.8 Å². The molecule has 3 aromatic rings. The molecule has 0 fully saturated rings. The monoisotopic (exact) mass is 340 g/mol. The van der Waals surface area contributed by atoms with E-state index in [0.29, 0.717) is 36.5 Å². The first-order valence-corrected chi connectivity index (χ1v) is 8.02. The fourth-order valence-electron chi connectivity index (χ4n) is 2.28. The number of pyridine rings is 1. The largest absolute Gasteiger partial charge is 0.490 e. The lowest BCUT2D eigenvalue weighted by atomic mass is 10.2. The number of hydrogen-bond donors (Lipinski definition) is 2. The maximum atomic E-state index is 5.93. The SMILES string of the molecule is CCOc1ccc(Nc2nc(N)n(-c3ccccn3)n2)cc1OCC. The standard InChI is InChI=1S/C17H20N6O2/c1-3-24-13-9-8-12(11-14(13)25-4-2)20-17-21-16(18)23(22-17)15-7-5-6-10-19-15/h5-11H,3-4H2,1-2H3,(H3,18,20,21,22). The second-order valence-electron chi connectivity index (χ2n) is 5.05. The Bertz CT molecular complexity index is 834. The van der Waals surface area contributed by atoms with Gasteiger partial charge in [0.1, 0.15) is 0 Å². The minimum absolute atomic E-state index is 0.247. The highest BCUT2D eigenvalue weighted by atomic mass is 16.5. The Balaban J connectivity index is 1.84. The molecule has 0 aliphatic carbocycles. The summed E-state index contributed by atoms with van der Waals surface area (Å²) < 4.78 is 12.7. The van der Waals surface area contributed by atoms with Gasteiger partial charge in [0.15, 0.2) is 17.3 Å². The van der Waals surface area contributed by atoms with Crippen molar-refractivity contribution in [3.8, 4) is 17.3 Å². The van der Waals surface area contributed by atoms with Crippen molar-refractivity contribution < 1.29 is 9.47 Å². The Morgan fingerprint density at radius 2 is 1.88 bits per heavy atom. The van der Waals surface area contributed by atoms with Crippen molar-refractivity contribution in [3.63, 3.8) is 0 Å². The van der Waals surface area contributed by atoms with Crippen LogP contribution in [-0.2, 0) is 0 Å². The summed E-state index contributed by atoms with van der Waals surface area (Å²) in [4.78, 5) is 8.44. The highest BCUT2D eigenvalue weighted by Crippen LogP contribution is 2.31. The first-order valence-electron chi connectivity index (χ1n) is 8.02. The van der Waals surface area contributed by atoms with Crippen molar-refractivity contribution >= 4 is 17.6 Å². The molecule has 0 radical (unpaired) electrons. The molecule has 0 bridgehead atoms. The lowest BCUT2D eigenvalue weighted by Gasteiger charge is -2.12. The van der Waals surface area contributed by atoms with Gasteiger partial charge in [-0.3, -0.25) is 0 Å². The van der Waals surface area contributed by atoms with Crippen molar-refractivity contribution in [2.75, 3.05) is 24.3 Å². The maximum absolute atomic E-state index is 5.93. The summed E-state index contributed by atoms with van der Waals surface area (Å²) in [5.41, 5.74) is 6.70. The fraction of sp³-hybridized carbons (Fsp3) is 0.235. The third kappa shape index (κ3) is 3.79. The van der Waals surface area contributed by atoms with Gasteiger partial charge < -0.3 is 20.5 Å². The van der Waals surface area contributed by atoms with Gasteiger partial charge in [0, 0.05) is 18.0 Å². The van der Waals surface area contributed by atoms with E-state index in [4.69, 9.17) is 15.2 Å². The molecule has 8 nitrogen and oxygen atoms in total. The van der Waals surface area contributed by atoms with Gasteiger partial charge in [0.05, 0.1) is 13.2 Å². The Morgan fingerprint density at radius 3 is 2.60 bits per heavy atom. The number of nitrogens with one attached hydrogen (secondary N) is 1. The van der Waals surface area contributed by atoms with E-state index in [0.717, 1.165) is 5.69 Å². The smallest absolute Gasteiger partial charge is 0.248 e. The molecule has 0 aliphatic heterocycles. The van der Waals surface area contributed by atoms with E-state index in [1.54, 1.807) is 12.3 Å². The molecule has 25 heavy (non-hydrogen) atoms. The van der Waals surface area contributed by atoms with Crippen LogP contribution in [0.1, 0.15) is 13.8 Å². The summed E-state index contributed by atoms with van der Waals surface area (Å²) in [6.07, 6.45) is 1.67. The molecule has 130 valence electrons. The zero-order valence-corrected chi connectivity index (χ0v) is 14.1. The van der Waals surface area contributed by atoms with Crippen LogP contribution >= 0.6 is 0 Å². The summed E-state index contributed by atoms with van der Waals surface area (Å²) in [5, 5.41) is 7.46. The molecular formula is C17H20N6O2. The van der Waals surface area contributed by atoms with E-state index in [1.165, 1.54) is 4.68 Å². The van der Waals surface area contributed by atoms with E-state index in [9.17, 15) is 0 Å². The highest BCUT2D eigenvalue weighted by molar-refractivity contribution is 5.60. The summed E-state index contributed by atoms with van der Waals surface area (Å²) in [6.45, 7) is 4.97. The van der Waals surface area contributed by atoms with Gasteiger partial charge in [0.2, 0.25) is 11.9 Å². The molecule has 1 aromatic carbocycles. The number of benzene rings is 1. The molecule has 3 rings (SSSR count). The molecule has 0 amide bonds. The van der Waals surface area contributed by atoms with Crippen LogP contribution in [0, 0.1) is 0 Å². The summed E-state index contributed by atoms with van der Waals surface area (Å²) >= 11 is 0. The number of anilines is 3. The lowest BCUT2D eigenvalue weighted by molar-refractivity contribution is 0.288. The molecule has 0 spiro atoms. The van der Waals surface area contributed by atoms with Gasteiger partial charge >= 0.3 is 0 Å². The van der Waals surface area contributed by atoms with Crippen molar-refractivity contribution in [2.24, 2.45) is 0 Å². The molecule has 0 saturated heterocycles. The number of nitrogen functional groups attached to an aromatic ring is 1. The quantitative estimate of drug-likeness (QED) is 0.682. The second-order valence-corrected chi connectivity index (χ2v) is 5.05. The van der Waals surface area contributed by atoms with E-state index >= 15 is 0 Å². The predicted octanol–water partition coefficient (Wildman–Crippen LogP) is 2.79. The number of rotatable bonds is 7. The number of hydrogen-bond acceptors (Lipinski definition) is 7. The molecule has 3 N–H and O–H groups in total. The lowest BCUT2D eigenvalue weighted by Crippen LogP contribution is -2.04. The summed E-state index contributed by atoms with van der Waals surface area (Å²) in [5.74, 6) is 2.57. The van der Waals surface area contributed by atoms with Gasteiger partial charge in [0.25, 0.3) is 0 Å². The molecule has 2 aromatic heterocycles. The first kappa shape index (κ1) is 16.6. The van der Waals surface area contributed by atoms with Crippen molar-refractivity contribution in [1.82, 2.24) is 19.7 Å². The molecule has 2 heterocycles. The van der Waals surface area contributed by atoms with Crippen LogP contribution < -0.4 is 20.5 Å². The number of ether oxygens (including phenoxy) is 2. The van der Waals surface area contributed by atoms with Crippen LogP contribution in [0.2, 0.25) is 0 Å². The predicted molar refractivity (Wildman–Crippen MR) is 95.6 cm³/mol. The third-order valence-corrected chi connectivity index (χ3v) is 3.30. The van der Waals surface area contributed by atoms with Crippen molar-refractivity contribution in [1.29, 1.82) is 0 Å². The van der Waals surface area contributed by atoms with Gasteiger partial charge in [-0.05, 0) is 38.1 Å². The van der Waals surface area contributed by atoms with E-state index in [2.05, 4.69) is 20.4 Å². The molecule has 0 saturated carbocycles. The van der Waals surface area contributed by atoms with Gasteiger partial charge in [-0.2, -0.15) is 9.67 Å². The van der Waals surface area contributed by atoms with Gasteiger partial charge in [-0.1, -0.05) is 6.07 Å². The average molecular weight is 340 g/mol. The normalized spacial score (nSPS) is 10.5. The summed E-state index contributed by atoms with van der Waals surface area (Å²) in [7, 11) is 0. The molecule has 0 atom stereocenters. The Hall–Kier alpha value is -3.29.